The van der Waals surface area contributed by atoms with Crippen LogP contribution in [-0.4, -0.2) is 71.8 Å². The number of amides is 1. The molecule has 0 saturated carbocycles. The van der Waals surface area contributed by atoms with Gasteiger partial charge in [-0.2, -0.15) is 5.10 Å². The maximum atomic E-state index is 12.8. The van der Waals surface area contributed by atoms with Crippen molar-refractivity contribution in [3.63, 3.8) is 0 Å². The third-order valence-corrected chi connectivity index (χ3v) is 4.46. The number of H-pyrrole nitrogens is 1. The Morgan fingerprint density at radius 2 is 1.92 bits per heavy atom. The second-order valence-electron chi connectivity index (χ2n) is 6.23. The number of nitrogens with zero attached hydrogens (tertiary/aromatic N) is 7. The van der Waals surface area contributed by atoms with Crippen LogP contribution in [0, 0.1) is 6.92 Å². The molecule has 0 bridgehead atoms. The van der Waals surface area contributed by atoms with Gasteiger partial charge in [0.15, 0.2) is 0 Å². The molecule has 3 heterocycles. The second kappa shape index (κ2) is 7.04. The number of benzene rings is 1. The van der Waals surface area contributed by atoms with Crippen molar-refractivity contribution >= 4 is 5.91 Å². The van der Waals surface area contributed by atoms with Crippen LogP contribution in [0.2, 0.25) is 0 Å². The molecule has 0 atom stereocenters. The number of hydrogen-bond acceptors (Lipinski definition) is 6. The van der Waals surface area contributed by atoms with E-state index in [1.54, 1.807) is 9.58 Å². The van der Waals surface area contributed by atoms with Gasteiger partial charge in [-0.25, -0.2) is 14.6 Å². The molecule has 0 spiro atoms. The Morgan fingerprint density at radius 1 is 1.15 bits per heavy atom. The maximum absolute atomic E-state index is 12.8. The molecule has 9 nitrogen and oxygen atoms in total. The summed E-state index contributed by atoms with van der Waals surface area (Å²) in [6.45, 7) is 5.42. The van der Waals surface area contributed by atoms with Crippen molar-refractivity contribution in [2.75, 3.05) is 26.2 Å². The van der Waals surface area contributed by atoms with Gasteiger partial charge in [0.2, 0.25) is 5.82 Å². The van der Waals surface area contributed by atoms with Crippen LogP contribution in [0.3, 0.4) is 0 Å². The fraction of sp³-hybridized carbons (Fsp3) is 0.353. The lowest BCUT2D eigenvalue weighted by Crippen LogP contribution is -2.48. The van der Waals surface area contributed by atoms with Crippen LogP contribution in [0.15, 0.2) is 36.7 Å². The molecular weight excluding hydrogens is 332 g/mol. The SMILES string of the molecule is Cc1nc(C(=O)N2CCN(Cc3ncn[nH]3)CC2)nn1-c1ccccc1. The van der Waals surface area contributed by atoms with Gasteiger partial charge in [0.1, 0.15) is 18.0 Å². The summed E-state index contributed by atoms with van der Waals surface area (Å²) in [5, 5.41) is 11.1. The Kier molecular flexibility index (Phi) is 4.44. The number of aryl methyl sites for hydroxylation is 1. The van der Waals surface area contributed by atoms with Crippen LogP contribution in [-0.2, 0) is 6.54 Å². The number of piperazine rings is 1. The topological polar surface area (TPSA) is 95.8 Å². The maximum Gasteiger partial charge on any atom is 0.293 e. The van der Waals surface area contributed by atoms with Gasteiger partial charge in [-0.1, -0.05) is 18.2 Å². The zero-order valence-electron chi connectivity index (χ0n) is 14.5. The quantitative estimate of drug-likeness (QED) is 0.741. The molecule has 134 valence electrons. The molecule has 1 saturated heterocycles. The van der Waals surface area contributed by atoms with E-state index in [0.717, 1.165) is 24.6 Å². The number of hydrogen-bond donors (Lipinski definition) is 1. The molecule has 0 radical (unpaired) electrons. The molecule has 0 aliphatic carbocycles. The summed E-state index contributed by atoms with van der Waals surface area (Å²) >= 11 is 0. The van der Waals surface area contributed by atoms with Crippen LogP contribution in [0.5, 0.6) is 0 Å². The average Bonchev–Trinajstić information content (AvgIpc) is 3.32. The molecule has 9 heteroatoms. The molecule has 26 heavy (non-hydrogen) atoms. The van der Waals surface area contributed by atoms with Crippen LogP contribution >= 0.6 is 0 Å². The lowest BCUT2D eigenvalue weighted by Gasteiger charge is -2.33. The van der Waals surface area contributed by atoms with Crippen molar-refractivity contribution < 1.29 is 4.79 Å². The van der Waals surface area contributed by atoms with Gasteiger partial charge < -0.3 is 4.90 Å². The van der Waals surface area contributed by atoms with Crippen molar-refractivity contribution in [3.8, 4) is 5.69 Å². The minimum absolute atomic E-state index is 0.123. The van der Waals surface area contributed by atoms with E-state index in [1.165, 1.54) is 6.33 Å². The Labute approximate surface area is 150 Å². The number of aromatic amines is 1. The largest absolute Gasteiger partial charge is 0.333 e. The standard InChI is InChI=1S/C17H20N8O/c1-13-20-16(22-25(13)14-5-3-2-4-6-14)17(26)24-9-7-23(8-10-24)11-15-18-12-19-21-15/h2-6,12H,7-11H2,1H3,(H,18,19,21). The van der Waals surface area contributed by atoms with Crippen LogP contribution in [0.4, 0.5) is 0 Å². The van der Waals surface area contributed by atoms with E-state index in [9.17, 15) is 4.79 Å². The van der Waals surface area contributed by atoms with Crippen LogP contribution in [0.25, 0.3) is 5.69 Å². The van der Waals surface area contributed by atoms with Crippen molar-refractivity contribution in [2.45, 2.75) is 13.5 Å². The molecule has 3 aromatic rings. The first-order valence-corrected chi connectivity index (χ1v) is 8.55. The van der Waals surface area contributed by atoms with E-state index < -0.39 is 0 Å². The molecule has 1 fully saturated rings. The van der Waals surface area contributed by atoms with Crippen LogP contribution < -0.4 is 0 Å². The highest BCUT2D eigenvalue weighted by molar-refractivity contribution is 5.90. The highest BCUT2D eigenvalue weighted by atomic mass is 16.2. The first-order chi connectivity index (χ1) is 12.7. The molecule has 1 N–H and O–H groups in total. The minimum atomic E-state index is -0.123. The van der Waals surface area contributed by atoms with E-state index >= 15 is 0 Å². The first kappa shape index (κ1) is 16.4. The number of carbonyl (C=O) groups excluding carboxylic acids is 1. The summed E-state index contributed by atoms with van der Waals surface area (Å²) in [5.74, 6) is 1.66. The second-order valence-corrected chi connectivity index (χ2v) is 6.23. The average molecular weight is 352 g/mol. The van der Waals surface area contributed by atoms with Gasteiger partial charge >= 0.3 is 0 Å². The van der Waals surface area contributed by atoms with E-state index in [4.69, 9.17) is 0 Å². The van der Waals surface area contributed by atoms with E-state index in [0.29, 0.717) is 25.5 Å². The van der Waals surface area contributed by atoms with Gasteiger partial charge in [0.25, 0.3) is 5.91 Å². The summed E-state index contributed by atoms with van der Waals surface area (Å²) < 4.78 is 1.70. The Morgan fingerprint density at radius 3 is 2.62 bits per heavy atom. The van der Waals surface area contributed by atoms with Crippen molar-refractivity contribution in [1.82, 2.24) is 39.7 Å². The van der Waals surface area contributed by atoms with Gasteiger partial charge in [0.05, 0.1) is 12.2 Å². The highest BCUT2D eigenvalue weighted by Gasteiger charge is 2.26. The number of carbonyl (C=O) groups is 1. The molecule has 2 aromatic heterocycles. The van der Waals surface area contributed by atoms with Crippen molar-refractivity contribution in [3.05, 3.63) is 54.1 Å². The smallest absolute Gasteiger partial charge is 0.293 e. The molecule has 4 rings (SSSR count). The third kappa shape index (κ3) is 3.33. The molecule has 1 aliphatic rings. The third-order valence-electron chi connectivity index (χ3n) is 4.46. The van der Waals surface area contributed by atoms with Gasteiger partial charge in [0, 0.05) is 26.2 Å². The van der Waals surface area contributed by atoms with Gasteiger partial charge in [-0.05, 0) is 19.1 Å². The van der Waals surface area contributed by atoms with E-state index in [-0.39, 0.29) is 11.7 Å². The minimum Gasteiger partial charge on any atom is -0.333 e. The molecule has 1 aliphatic heterocycles. The summed E-state index contributed by atoms with van der Waals surface area (Å²) in [5.41, 5.74) is 0.897. The predicted molar refractivity (Wildman–Crippen MR) is 93.7 cm³/mol. The molecular formula is C17H20N8O. The van der Waals surface area contributed by atoms with E-state index in [1.807, 2.05) is 37.3 Å². The number of para-hydroxylation sites is 1. The predicted octanol–water partition coefficient (Wildman–Crippen LogP) is 0.652. The lowest BCUT2D eigenvalue weighted by atomic mass is 10.3. The van der Waals surface area contributed by atoms with Crippen molar-refractivity contribution in [1.29, 1.82) is 0 Å². The summed E-state index contributed by atoms with van der Waals surface area (Å²) in [7, 11) is 0. The number of rotatable bonds is 4. The zero-order valence-corrected chi connectivity index (χ0v) is 14.5. The molecule has 1 aromatic carbocycles. The normalized spacial score (nSPS) is 15.3. The first-order valence-electron chi connectivity index (χ1n) is 8.55. The molecule has 0 unspecified atom stereocenters. The highest BCUT2D eigenvalue weighted by Crippen LogP contribution is 2.12. The molecule has 1 amide bonds. The number of aromatic nitrogens is 6. The Hall–Kier alpha value is -3.07. The Balaban J connectivity index is 1.41. The fourth-order valence-corrected chi connectivity index (χ4v) is 3.06. The van der Waals surface area contributed by atoms with Gasteiger partial charge in [-0.15, -0.1) is 5.10 Å². The summed E-state index contributed by atoms with van der Waals surface area (Å²) in [6.07, 6.45) is 1.51. The Bertz CT molecular complexity index is 866. The van der Waals surface area contributed by atoms with Gasteiger partial charge in [-0.3, -0.25) is 14.8 Å². The van der Waals surface area contributed by atoms with Crippen molar-refractivity contribution in [2.24, 2.45) is 0 Å². The monoisotopic (exact) mass is 352 g/mol. The summed E-state index contributed by atoms with van der Waals surface area (Å²) in [4.78, 5) is 25.3. The summed E-state index contributed by atoms with van der Waals surface area (Å²) in [6, 6.07) is 9.70. The number of nitrogens with one attached hydrogen (secondary N) is 1. The fourth-order valence-electron chi connectivity index (χ4n) is 3.06. The zero-order chi connectivity index (χ0) is 17.9. The lowest BCUT2D eigenvalue weighted by molar-refractivity contribution is 0.0613. The van der Waals surface area contributed by atoms with E-state index in [2.05, 4.69) is 30.2 Å². The van der Waals surface area contributed by atoms with Crippen LogP contribution in [0.1, 0.15) is 22.3 Å².